The van der Waals surface area contributed by atoms with Crippen molar-refractivity contribution in [2.24, 2.45) is 5.41 Å². The number of benzene rings is 2. The quantitative estimate of drug-likeness (QED) is 0.645. The van der Waals surface area contributed by atoms with Crippen molar-refractivity contribution in [1.29, 1.82) is 0 Å². The molecule has 0 bridgehead atoms. The van der Waals surface area contributed by atoms with Gasteiger partial charge in [0.1, 0.15) is 5.52 Å². The molecule has 0 saturated carbocycles. The number of nitrogens with zero attached hydrogens (tertiary/aromatic N) is 1. The van der Waals surface area contributed by atoms with Crippen molar-refractivity contribution in [3.8, 4) is 11.5 Å². The van der Waals surface area contributed by atoms with Crippen LogP contribution in [-0.4, -0.2) is 4.98 Å². The van der Waals surface area contributed by atoms with Crippen LogP contribution in [0.25, 0.3) is 22.6 Å². The number of fused-ring (bicyclic) bond motifs is 1. The van der Waals surface area contributed by atoms with Crippen LogP contribution in [0.3, 0.4) is 0 Å². The van der Waals surface area contributed by atoms with Crippen LogP contribution in [0.5, 0.6) is 0 Å². The molecule has 3 rings (SSSR count). The maximum atomic E-state index is 5.90. The third-order valence-corrected chi connectivity index (χ3v) is 3.21. The molecule has 20 heavy (non-hydrogen) atoms. The minimum Gasteiger partial charge on any atom is -0.436 e. The van der Waals surface area contributed by atoms with E-state index < -0.39 is 0 Å². The molecule has 0 radical (unpaired) electrons. The van der Waals surface area contributed by atoms with Gasteiger partial charge in [0, 0.05) is 5.56 Å². The average Bonchev–Trinajstić information content (AvgIpc) is 2.81. The van der Waals surface area contributed by atoms with Gasteiger partial charge in [-0.15, -0.1) is 0 Å². The van der Waals surface area contributed by atoms with E-state index in [1.807, 2.05) is 36.4 Å². The molecule has 0 aliphatic heterocycles. The van der Waals surface area contributed by atoms with Crippen molar-refractivity contribution in [1.82, 2.24) is 4.98 Å². The fourth-order valence-corrected chi connectivity index (χ4v) is 2.40. The van der Waals surface area contributed by atoms with Crippen LogP contribution < -0.4 is 0 Å². The smallest absolute Gasteiger partial charge is 0.227 e. The highest BCUT2D eigenvalue weighted by Gasteiger charge is 2.13. The van der Waals surface area contributed by atoms with E-state index in [4.69, 9.17) is 4.42 Å². The maximum absolute atomic E-state index is 5.90. The van der Waals surface area contributed by atoms with E-state index in [-0.39, 0.29) is 5.41 Å². The lowest BCUT2D eigenvalue weighted by Gasteiger charge is -2.17. The molecule has 2 aromatic carbocycles. The Morgan fingerprint density at radius 1 is 1.00 bits per heavy atom. The molecule has 3 aromatic rings. The van der Waals surface area contributed by atoms with Crippen molar-refractivity contribution in [3.63, 3.8) is 0 Å². The highest BCUT2D eigenvalue weighted by Crippen LogP contribution is 2.27. The van der Waals surface area contributed by atoms with E-state index in [0.29, 0.717) is 5.89 Å². The van der Waals surface area contributed by atoms with Crippen LogP contribution in [0.4, 0.5) is 0 Å². The summed E-state index contributed by atoms with van der Waals surface area (Å²) in [7, 11) is 0. The molecule has 0 atom stereocenters. The summed E-state index contributed by atoms with van der Waals surface area (Å²) in [5.74, 6) is 0.688. The Morgan fingerprint density at radius 3 is 2.45 bits per heavy atom. The van der Waals surface area contributed by atoms with E-state index in [1.165, 1.54) is 5.56 Å². The van der Waals surface area contributed by atoms with Gasteiger partial charge in [0.2, 0.25) is 5.89 Å². The molecule has 0 saturated heterocycles. The summed E-state index contributed by atoms with van der Waals surface area (Å²) < 4.78 is 5.90. The fraction of sp³-hybridized carbons (Fsp3) is 0.278. The summed E-state index contributed by atoms with van der Waals surface area (Å²) in [5.41, 5.74) is 4.37. The molecule has 0 aliphatic rings. The Kier molecular flexibility index (Phi) is 3.09. The maximum Gasteiger partial charge on any atom is 0.227 e. The molecule has 0 aliphatic carbocycles. The fourth-order valence-electron chi connectivity index (χ4n) is 2.40. The molecular weight excluding hydrogens is 246 g/mol. The van der Waals surface area contributed by atoms with Gasteiger partial charge < -0.3 is 4.42 Å². The molecule has 0 spiro atoms. The Morgan fingerprint density at radius 2 is 1.75 bits per heavy atom. The third-order valence-electron chi connectivity index (χ3n) is 3.21. The van der Waals surface area contributed by atoms with Crippen LogP contribution in [0, 0.1) is 5.41 Å². The first-order chi connectivity index (χ1) is 9.51. The summed E-state index contributed by atoms with van der Waals surface area (Å²) in [5, 5.41) is 0. The average molecular weight is 265 g/mol. The molecule has 1 heterocycles. The lowest BCUT2D eigenvalue weighted by molar-refractivity contribution is 0.411. The van der Waals surface area contributed by atoms with Crippen molar-refractivity contribution in [2.45, 2.75) is 27.2 Å². The van der Waals surface area contributed by atoms with Crippen LogP contribution in [0.1, 0.15) is 26.3 Å². The van der Waals surface area contributed by atoms with Crippen molar-refractivity contribution >= 4 is 11.1 Å². The highest BCUT2D eigenvalue weighted by atomic mass is 16.3. The van der Waals surface area contributed by atoms with Gasteiger partial charge >= 0.3 is 0 Å². The molecule has 1 aromatic heterocycles. The molecule has 0 unspecified atom stereocenters. The zero-order valence-corrected chi connectivity index (χ0v) is 12.2. The van der Waals surface area contributed by atoms with E-state index in [2.05, 4.69) is 37.9 Å². The first-order valence-electron chi connectivity index (χ1n) is 6.96. The van der Waals surface area contributed by atoms with Crippen LogP contribution in [-0.2, 0) is 6.42 Å². The van der Waals surface area contributed by atoms with Gasteiger partial charge in [0.15, 0.2) is 5.58 Å². The molecule has 0 amide bonds. The summed E-state index contributed by atoms with van der Waals surface area (Å²) in [6.07, 6.45) is 1.03. The predicted octanol–water partition coefficient (Wildman–Crippen LogP) is 5.08. The van der Waals surface area contributed by atoms with E-state index >= 15 is 0 Å². The van der Waals surface area contributed by atoms with Crippen molar-refractivity contribution in [2.75, 3.05) is 0 Å². The number of hydrogen-bond acceptors (Lipinski definition) is 2. The number of oxazole rings is 1. The van der Waals surface area contributed by atoms with Crippen LogP contribution in [0.15, 0.2) is 52.9 Å². The second-order valence-electron chi connectivity index (χ2n) is 6.42. The summed E-state index contributed by atoms with van der Waals surface area (Å²) in [4.78, 5) is 4.55. The minimum absolute atomic E-state index is 0.274. The Hall–Kier alpha value is -2.09. The number of rotatable bonds is 2. The SMILES string of the molecule is CC(C)(C)Cc1ccc2nc(-c3ccccc3)oc2c1. The van der Waals surface area contributed by atoms with Gasteiger partial charge in [-0.2, -0.15) is 0 Å². The topological polar surface area (TPSA) is 26.0 Å². The largest absolute Gasteiger partial charge is 0.436 e. The van der Waals surface area contributed by atoms with Gasteiger partial charge in [0.25, 0.3) is 0 Å². The molecule has 2 heteroatoms. The second-order valence-corrected chi connectivity index (χ2v) is 6.42. The standard InChI is InChI=1S/C18H19NO/c1-18(2,3)12-13-9-10-15-16(11-13)20-17(19-15)14-7-5-4-6-8-14/h4-11H,12H2,1-3H3. The summed E-state index contributed by atoms with van der Waals surface area (Å²) >= 11 is 0. The third kappa shape index (κ3) is 2.74. The number of aromatic nitrogens is 1. The highest BCUT2D eigenvalue weighted by molar-refractivity contribution is 5.76. The Labute approximate surface area is 119 Å². The molecule has 102 valence electrons. The molecule has 0 N–H and O–H groups in total. The van der Waals surface area contributed by atoms with E-state index in [0.717, 1.165) is 23.1 Å². The van der Waals surface area contributed by atoms with Crippen LogP contribution in [0.2, 0.25) is 0 Å². The Balaban J connectivity index is 2.00. The zero-order chi connectivity index (χ0) is 14.2. The minimum atomic E-state index is 0.274. The molecule has 2 nitrogen and oxygen atoms in total. The van der Waals surface area contributed by atoms with E-state index in [1.54, 1.807) is 0 Å². The summed E-state index contributed by atoms with van der Waals surface area (Å²) in [6.45, 7) is 6.73. The van der Waals surface area contributed by atoms with E-state index in [9.17, 15) is 0 Å². The Bertz CT molecular complexity index is 720. The predicted molar refractivity (Wildman–Crippen MR) is 82.6 cm³/mol. The molecule has 0 fully saturated rings. The first-order valence-corrected chi connectivity index (χ1v) is 6.96. The monoisotopic (exact) mass is 265 g/mol. The molecular formula is C18H19NO. The van der Waals surface area contributed by atoms with Crippen molar-refractivity contribution in [3.05, 3.63) is 54.1 Å². The summed E-state index contributed by atoms with van der Waals surface area (Å²) in [6, 6.07) is 16.3. The van der Waals surface area contributed by atoms with Crippen molar-refractivity contribution < 1.29 is 4.42 Å². The van der Waals surface area contributed by atoms with Gasteiger partial charge in [-0.25, -0.2) is 4.98 Å². The first kappa shape index (κ1) is 12.9. The lowest BCUT2D eigenvalue weighted by Crippen LogP contribution is -2.08. The normalized spacial score (nSPS) is 11.9. The van der Waals surface area contributed by atoms with Gasteiger partial charge in [0.05, 0.1) is 0 Å². The zero-order valence-electron chi connectivity index (χ0n) is 12.2. The lowest BCUT2D eigenvalue weighted by atomic mass is 9.88. The van der Waals surface area contributed by atoms with Gasteiger partial charge in [-0.1, -0.05) is 45.0 Å². The second kappa shape index (κ2) is 4.78. The van der Waals surface area contributed by atoms with Gasteiger partial charge in [-0.3, -0.25) is 0 Å². The van der Waals surface area contributed by atoms with Crippen LogP contribution >= 0.6 is 0 Å². The number of hydrogen-bond donors (Lipinski definition) is 0. The van der Waals surface area contributed by atoms with Gasteiger partial charge in [-0.05, 0) is 41.7 Å².